The van der Waals surface area contributed by atoms with Crippen molar-refractivity contribution in [2.45, 2.75) is 62.7 Å². The Morgan fingerprint density at radius 2 is 1.61 bits per heavy atom. The van der Waals surface area contributed by atoms with Crippen molar-refractivity contribution in [1.29, 1.82) is 0 Å². The molecule has 0 saturated carbocycles. The molecule has 0 bridgehead atoms. The first kappa shape index (κ1) is 29.1. The van der Waals surface area contributed by atoms with Gasteiger partial charge in [0.2, 0.25) is 17.7 Å². The number of thioether (sulfide) groups is 1. The number of carboxylic acids is 2. The fourth-order valence-electron chi connectivity index (χ4n) is 3.82. The van der Waals surface area contributed by atoms with Crippen molar-refractivity contribution >= 4 is 41.4 Å². The van der Waals surface area contributed by atoms with E-state index in [1.807, 2.05) is 6.26 Å². The van der Waals surface area contributed by atoms with E-state index < -0.39 is 53.8 Å². The lowest BCUT2D eigenvalue weighted by molar-refractivity contribution is -0.142. The lowest BCUT2D eigenvalue weighted by atomic mass is 10.0. The number of carboxylic acid groups (broad SMARTS) is 2. The van der Waals surface area contributed by atoms with Crippen LogP contribution in [0.4, 0.5) is 0 Å². The maximum absolute atomic E-state index is 13.1. The third-order valence-electron chi connectivity index (χ3n) is 5.80. The summed E-state index contributed by atoms with van der Waals surface area (Å²) in [5, 5.41) is 29.4. The maximum Gasteiger partial charge on any atom is 0.326 e. The van der Waals surface area contributed by atoms with Gasteiger partial charge in [0.1, 0.15) is 18.1 Å². The van der Waals surface area contributed by atoms with E-state index in [1.54, 1.807) is 30.3 Å². The molecule has 4 unspecified atom stereocenters. The van der Waals surface area contributed by atoms with Crippen LogP contribution >= 0.6 is 11.8 Å². The zero-order valence-corrected chi connectivity index (χ0v) is 21.0. The zero-order chi connectivity index (χ0) is 26.5. The molecule has 12 heteroatoms. The van der Waals surface area contributed by atoms with Gasteiger partial charge in [0.05, 0.1) is 6.04 Å². The molecule has 1 saturated heterocycles. The summed E-state index contributed by atoms with van der Waals surface area (Å²) < 4.78 is 0. The predicted molar refractivity (Wildman–Crippen MR) is 134 cm³/mol. The van der Waals surface area contributed by atoms with E-state index in [0.717, 1.165) is 12.0 Å². The van der Waals surface area contributed by atoms with Crippen molar-refractivity contribution in [2.24, 2.45) is 0 Å². The monoisotopic (exact) mass is 522 g/mol. The standard InChI is InChI=1S/C24H34N4O7S/c1-36-13-11-18(23(33)28-19(24(34)35)14-15-6-3-2-4-7-15)27-22(32)17(9-10-20(29)30)26-21(31)16-8-5-12-25-16/h2-4,6-7,16-19,25H,5,8-14H2,1H3,(H,26,31)(H,27,32)(H,28,33)(H,29,30)(H,34,35). The summed E-state index contributed by atoms with van der Waals surface area (Å²) in [7, 11) is 0. The highest BCUT2D eigenvalue weighted by Gasteiger charge is 2.31. The van der Waals surface area contributed by atoms with E-state index in [9.17, 15) is 29.1 Å². The van der Waals surface area contributed by atoms with E-state index in [1.165, 1.54) is 11.8 Å². The Hall–Kier alpha value is -3.12. The quantitative estimate of drug-likeness (QED) is 0.187. The molecular formula is C24H34N4O7S. The highest BCUT2D eigenvalue weighted by atomic mass is 32.2. The third kappa shape index (κ3) is 9.86. The second-order valence-electron chi connectivity index (χ2n) is 8.57. The average Bonchev–Trinajstić information content (AvgIpc) is 3.39. The highest BCUT2D eigenvalue weighted by Crippen LogP contribution is 2.09. The number of carbonyl (C=O) groups is 5. The number of aliphatic carboxylic acids is 2. The van der Waals surface area contributed by atoms with Crippen LogP contribution in [0.15, 0.2) is 30.3 Å². The summed E-state index contributed by atoms with van der Waals surface area (Å²) in [5.74, 6) is -3.59. The Morgan fingerprint density at radius 1 is 0.972 bits per heavy atom. The number of benzene rings is 1. The molecule has 4 atom stereocenters. The van der Waals surface area contributed by atoms with Gasteiger partial charge in [-0.05, 0) is 49.8 Å². The van der Waals surface area contributed by atoms with E-state index in [-0.39, 0.29) is 25.7 Å². The number of nitrogens with one attached hydrogen (secondary N) is 4. The fourth-order valence-corrected chi connectivity index (χ4v) is 4.29. The van der Waals surface area contributed by atoms with Crippen LogP contribution in [0, 0.1) is 0 Å². The van der Waals surface area contributed by atoms with Crippen LogP contribution in [0.2, 0.25) is 0 Å². The van der Waals surface area contributed by atoms with Crippen molar-refractivity contribution in [3.8, 4) is 0 Å². The van der Waals surface area contributed by atoms with Gasteiger partial charge in [-0.1, -0.05) is 30.3 Å². The summed E-state index contributed by atoms with van der Waals surface area (Å²) in [6.07, 6.45) is 3.04. The summed E-state index contributed by atoms with van der Waals surface area (Å²) in [5.41, 5.74) is 0.729. The minimum atomic E-state index is -1.21. The van der Waals surface area contributed by atoms with Gasteiger partial charge in [-0.15, -0.1) is 0 Å². The highest BCUT2D eigenvalue weighted by molar-refractivity contribution is 7.98. The lowest BCUT2D eigenvalue weighted by Crippen LogP contribution is -2.57. The predicted octanol–water partition coefficient (Wildman–Crippen LogP) is 0.138. The molecule has 1 aliphatic heterocycles. The molecule has 1 fully saturated rings. The molecule has 36 heavy (non-hydrogen) atoms. The second-order valence-corrected chi connectivity index (χ2v) is 9.56. The molecule has 0 aromatic heterocycles. The average molecular weight is 523 g/mol. The SMILES string of the molecule is CSCCC(NC(=O)C(CCC(=O)O)NC(=O)C1CCCN1)C(=O)NC(Cc1ccccc1)C(=O)O. The maximum atomic E-state index is 13.1. The molecule has 11 nitrogen and oxygen atoms in total. The van der Waals surface area contributed by atoms with Gasteiger partial charge in [-0.3, -0.25) is 19.2 Å². The Labute approximate surface area is 214 Å². The molecule has 0 radical (unpaired) electrons. The van der Waals surface area contributed by atoms with Gasteiger partial charge in [0, 0.05) is 12.8 Å². The number of carbonyl (C=O) groups excluding carboxylic acids is 3. The van der Waals surface area contributed by atoms with Crippen LogP contribution in [-0.4, -0.2) is 82.6 Å². The van der Waals surface area contributed by atoms with Gasteiger partial charge in [0.15, 0.2) is 0 Å². The molecule has 1 heterocycles. The minimum Gasteiger partial charge on any atom is -0.481 e. The number of amides is 3. The van der Waals surface area contributed by atoms with Crippen molar-refractivity contribution in [2.75, 3.05) is 18.6 Å². The largest absolute Gasteiger partial charge is 0.481 e. The van der Waals surface area contributed by atoms with E-state index >= 15 is 0 Å². The van der Waals surface area contributed by atoms with Crippen LogP contribution < -0.4 is 21.3 Å². The van der Waals surface area contributed by atoms with Gasteiger partial charge in [-0.25, -0.2) is 4.79 Å². The first-order chi connectivity index (χ1) is 17.2. The molecule has 3 amide bonds. The van der Waals surface area contributed by atoms with Gasteiger partial charge >= 0.3 is 11.9 Å². The van der Waals surface area contributed by atoms with E-state index in [2.05, 4.69) is 21.3 Å². The van der Waals surface area contributed by atoms with E-state index in [4.69, 9.17) is 5.11 Å². The van der Waals surface area contributed by atoms with Gasteiger partial charge in [0.25, 0.3) is 0 Å². The summed E-state index contributed by atoms with van der Waals surface area (Å²) in [6.45, 7) is 0.675. The van der Waals surface area contributed by atoms with Crippen molar-refractivity contribution in [3.05, 3.63) is 35.9 Å². The van der Waals surface area contributed by atoms with Crippen molar-refractivity contribution in [1.82, 2.24) is 21.3 Å². The first-order valence-corrected chi connectivity index (χ1v) is 13.2. The van der Waals surface area contributed by atoms with Gasteiger partial charge < -0.3 is 31.5 Å². The Morgan fingerprint density at radius 3 is 2.17 bits per heavy atom. The third-order valence-corrected chi connectivity index (χ3v) is 6.44. The summed E-state index contributed by atoms with van der Waals surface area (Å²) in [4.78, 5) is 61.5. The van der Waals surface area contributed by atoms with Crippen LogP contribution in [0.25, 0.3) is 0 Å². The fraction of sp³-hybridized carbons (Fsp3) is 0.542. The number of hydrogen-bond donors (Lipinski definition) is 6. The summed E-state index contributed by atoms with van der Waals surface area (Å²) >= 11 is 1.45. The molecular weight excluding hydrogens is 488 g/mol. The number of rotatable bonds is 15. The molecule has 0 spiro atoms. The van der Waals surface area contributed by atoms with Gasteiger partial charge in [-0.2, -0.15) is 11.8 Å². The summed E-state index contributed by atoms with van der Waals surface area (Å²) in [6, 6.07) is 4.97. The molecule has 198 valence electrons. The van der Waals surface area contributed by atoms with Crippen LogP contribution in [0.3, 0.4) is 0 Å². The topological polar surface area (TPSA) is 174 Å². The first-order valence-electron chi connectivity index (χ1n) is 11.8. The molecule has 1 aliphatic rings. The molecule has 2 rings (SSSR count). The lowest BCUT2D eigenvalue weighted by Gasteiger charge is -2.25. The second kappa shape index (κ2) is 15.1. The number of hydrogen-bond acceptors (Lipinski definition) is 7. The van der Waals surface area contributed by atoms with E-state index in [0.29, 0.717) is 18.7 Å². The zero-order valence-electron chi connectivity index (χ0n) is 20.2. The van der Waals surface area contributed by atoms with Crippen LogP contribution in [0.5, 0.6) is 0 Å². The van der Waals surface area contributed by atoms with Crippen LogP contribution in [0.1, 0.15) is 37.7 Å². The Bertz CT molecular complexity index is 909. The molecule has 1 aromatic carbocycles. The van der Waals surface area contributed by atoms with Crippen molar-refractivity contribution < 1.29 is 34.2 Å². The minimum absolute atomic E-state index is 0.0663. The molecule has 6 N–H and O–H groups in total. The Balaban J connectivity index is 2.10. The normalized spacial score (nSPS) is 17.4. The molecule has 1 aromatic rings. The smallest absolute Gasteiger partial charge is 0.326 e. The molecule has 0 aliphatic carbocycles. The Kier molecular flexibility index (Phi) is 12.2. The van der Waals surface area contributed by atoms with Crippen molar-refractivity contribution in [3.63, 3.8) is 0 Å². The van der Waals surface area contributed by atoms with Crippen LogP contribution in [-0.2, 0) is 30.4 Å².